The lowest BCUT2D eigenvalue weighted by molar-refractivity contribution is 1.95. The molecule has 0 saturated carbocycles. The zero-order valence-electron chi connectivity index (χ0n) is 9.12. The molecule has 0 radical (unpaired) electrons. The Morgan fingerprint density at radius 2 is 1.21 bits per heavy atom. The number of hydrogen-bond acceptors (Lipinski definition) is 5. The minimum absolute atomic E-state index is 1.37. The van der Waals surface area contributed by atoms with Gasteiger partial charge in [0.1, 0.15) is 0 Å². The van der Waals surface area contributed by atoms with Crippen molar-refractivity contribution in [2.24, 2.45) is 0 Å². The summed E-state index contributed by atoms with van der Waals surface area (Å²) >= 11 is 9.09. The summed E-state index contributed by atoms with van der Waals surface area (Å²) in [7, 11) is 0. The van der Waals surface area contributed by atoms with E-state index in [-0.39, 0.29) is 0 Å². The molecule has 0 bridgehead atoms. The van der Waals surface area contributed by atoms with Gasteiger partial charge in [-0.05, 0) is 37.4 Å². The molecule has 14 heavy (non-hydrogen) atoms. The van der Waals surface area contributed by atoms with Gasteiger partial charge in [-0.3, -0.25) is 0 Å². The molecule has 0 nitrogen and oxygen atoms in total. The van der Waals surface area contributed by atoms with Crippen molar-refractivity contribution in [3.8, 4) is 0 Å². The second-order valence-corrected chi connectivity index (χ2v) is 6.83. The number of hydrogen-bond donors (Lipinski definition) is 0. The van der Waals surface area contributed by atoms with E-state index in [4.69, 9.17) is 0 Å². The van der Waals surface area contributed by atoms with Gasteiger partial charge < -0.3 is 0 Å². The van der Waals surface area contributed by atoms with Crippen LogP contribution >= 0.6 is 58.8 Å². The van der Waals surface area contributed by atoms with E-state index < -0.39 is 0 Å². The third kappa shape index (κ3) is 5.35. The molecule has 0 atom stereocenters. The summed E-state index contributed by atoms with van der Waals surface area (Å²) in [5.74, 6) is 0. The van der Waals surface area contributed by atoms with Crippen LogP contribution in [0.4, 0.5) is 0 Å². The second kappa shape index (κ2) is 9.46. The van der Waals surface area contributed by atoms with Crippen LogP contribution in [0.5, 0.6) is 0 Å². The van der Waals surface area contributed by atoms with Crippen molar-refractivity contribution >= 4 is 58.8 Å². The van der Waals surface area contributed by atoms with Gasteiger partial charge in [0.05, 0.1) is 4.24 Å². The molecule has 0 aliphatic rings. The number of thioether (sulfide) groups is 5. The van der Waals surface area contributed by atoms with E-state index >= 15 is 0 Å². The largest absolute Gasteiger partial charge is 0.128 e. The molecular formula is C9H16S5. The molecular weight excluding hydrogens is 268 g/mol. The van der Waals surface area contributed by atoms with Gasteiger partial charge in [0.15, 0.2) is 0 Å². The van der Waals surface area contributed by atoms with Crippen molar-refractivity contribution in [3.05, 3.63) is 19.5 Å². The third-order valence-electron chi connectivity index (χ3n) is 1.44. The SMILES string of the molecule is CSC(=CC(SC)=C(SC)SC)SC. The van der Waals surface area contributed by atoms with Gasteiger partial charge in [0.25, 0.3) is 0 Å². The summed E-state index contributed by atoms with van der Waals surface area (Å²) < 4.78 is 2.77. The first kappa shape index (κ1) is 15.2. The maximum atomic E-state index is 2.28. The molecule has 82 valence electrons. The van der Waals surface area contributed by atoms with E-state index in [9.17, 15) is 0 Å². The van der Waals surface area contributed by atoms with Crippen molar-refractivity contribution < 1.29 is 0 Å². The lowest BCUT2D eigenvalue weighted by Crippen LogP contribution is -1.78. The Morgan fingerprint density at radius 1 is 0.714 bits per heavy atom. The van der Waals surface area contributed by atoms with Crippen LogP contribution in [-0.2, 0) is 0 Å². The van der Waals surface area contributed by atoms with Crippen molar-refractivity contribution in [2.45, 2.75) is 0 Å². The standard InChI is InChI=1S/C9H16S5/c1-10-7(9(13-4)14-5)6-8(11-2)12-3/h6H,1-5H3. The van der Waals surface area contributed by atoms with E-state index in [1.165, 1.54) is 13.4 Å². The maximum Gasteiger partial charge on any atom is 0.0532 e. The summed E-state index contributed by atoms with van der Waals surface area (Å²) in [6, 6.07) is 0. The zero-order chi connectivity index (χ0) is 11.0. The van der Waals surface area contributed by atoms with Gasteiger partial charge in [-0.2, -0.15) is 0 Å². The van der Waals surface area contributed by atoms with E-state index in [1.54, 1.807) is 0 Å². The third-order valence-corrected chi connectivity index (χ3v) is 6.69. The fourth-order valence-corrected chi connectivity index (χ4v) is 4.67. The van der Waals surface area contributed by atoms with E-state index in [0.29, 0.717) is 0 Å². The Morgan fingerprint density at radius 3 is 1.50 bits per heavy atom. The molecule has 0 unspecified atom stereocenters. The lowest BCUT2D eigenvalue weighted by atomic mass is 10.6. The molecule has 0 aliphatic heterocycles. The Bertz CT molecular complexity index is 207. The molecule has 0 rings (SSSR count). The number of allylic oxidation sites excluding steroid dienone is 1. The van der Waals surface area contributed by atoms with Gasteiger partial charge >= 0.3 is 0 Å². The molecule has 0 aromatic rings. The Hall–Kier alpha value is 1.23. The summed E-state index contributed by atoms with van der Waals surface area (Å²) in [6.07, 6.45) is 12.9. The Labute approximate surface area is 109 Å². The number of rotatable bonds is 6. The molecule has 0 N–H and O–H groups in total. The highest BCUT2D eigenvalue weighted by Crippen LogP contribution is 2.36. The van der Waals surface area contributed by atoms with Crippen molar-refractivity contribution in [1.29, 1.82) is 0 Å². The van der Waals surface area contributed by atoms with Crippen LogP contribution in [0.15, 0.2) is 19.5 Å². The molecule has 0 aromatic heterocycles. The van der Waals surface area contributed by atoms with Crippen LogP contribution in [0.1, 0.15) is 0 Å². The zero-order valence-corrected chi connectivity index (χ0v) is 13.2. The van der Waals surface area contributed by atoms with Crippen molar-refractivity contribution in [3.63, 3.8) is 0 Å². The van der Waals surface area contributed by atoms with Crippen LogP contribution < -0.4 is 0 Å². The van der Waals surface area contributed by atoms with Gasteiger partial charge in [-0.1, -0.05) is 0 Å². The second-order valence-electron chi connectivity index (χ2n) is 2.14. The van der Waals surface area contributed by atoms with Crippen LogP contribution in [0.3, 0.4) is 0 Å². The van der Waals surface area contributed by atoms with Crippen LogP contribution in [-0.4, -0.2) is 31.3 Å². The van der Waals surface area contributed by atoms with Gasteiger partial charge in [0.2, 0.25) is 0 Å². The predicted molar refractivity (Wildman–Crippen MR) is 82.7 cm³/mol. The molecule has 0 saturated heterocycles. The molecule has 5 heteroatoms. The fourth-order valence-electron chi connectivity index (χ4n) is 0.794. The van der Waals surface area contributed by atoms with E-state index in [1.807, 2.05) is 58.8 Å². The molecule has 0 fully saturated rings. The first-order valence-corrected chi connectivity index (χ1v) is 10.0. The summed E-state index contributed by atoms with van der Waals surface area (Å²) in [5, 5.41) is 0. The van der Waals surface area contributed by atoms with Crippen LogP contribution in [0.25, 0.3) is 0 Å². The van der Waals surface area contributed by atoms with Gasteiger partial charge in [-0.25, -0.2) is 0 Å². The quantitative estimate of drug-likeness (QED) is 0.640. The molecule has 0 spiro atoms. The summed E-state index contributed by atoms with van der Waals surface area (Å²) in [6.45, 7) is 0. The minimum atomic E-state index is 1.37. The Balaban J connectivity index is 4.86. The first-order valence-electron chi connectivity index (χ1n) is 3.89. The summed E-state index contributed by atoms with van der Waals surface area (Å²) in [5.41, 5.74) is 0. The molecule has 0 aliphatic carbocycles. The topological polar surface area (TPSA) is 0 Å². The van der Waals surface area contributed by atoms with Crippen LogP contribution in [0.2, 0.25) is 0 Å². The maximum absolute atomic E-state index is 2.28. The molecule has 0 heterocycles. The van der Waals surface area contributed by atoms with Crippen molar-refractivity contribution in [1.82, 2.24) is 0 Å². The average Bonchev–Trinajstić information content (AvgIpc) is 2.24. The first-order chi connectivity index (χ1) is 6.73. The van der Waals surface area contributed by atoms with Gasteiger partial charge in [0, 0.05) is 9.14 Å². The lowest BCUT2D eigenvalue weighted by Gasteiger charge is -2.06. The smallest absolute Gasteiger partial charge is 0.0532 e. The minimum Gasteiger partial charge on any atom is -0.128 e. The van der Waals surface area contributed by atoms with E-state index in [2.05, 4.69) is 37.4 Å². The normalized spacial score (nSPS) is 9.79. The van der Waals surface area contributed by atoms with E-state index in [0.717, 1.165) is 0 Å². The van der Waals surface area contributed by atoms with Crippen molar-refractivity contribution in [2.75, 3.05) is 31.3 Å². The molecule has 0 amide bonds. The molecule has 0 aromatic carbocycles. The predicted octanol–water partition coefficient (Wildman–Crippen LogP) is 4.81. The van der Waals surface area contributed by atoms with Crippen LogP contribution in [0, 0.1) is 0 Å². The monoisotopic (exact) mass is 284 g/mol. The Kier molecular flexibility index (Phi) is 10.3. The highest BCUT2D eigenvalue weighted by Gasteiger charge is 2.03. The average molecular weight is 285 g/mol. The fraction of sp³-hybridized carbons (Fsp3) is 0.556. The highest BCUT2D eigenvalue weighted by atomic mass is 32.2. The summed E-state index contributed by atoms with van der Waals surface area (Å²) in [4.78, 5) is 1.38. The highest BCUT2D eigenvalue weighted by molar-refractivity contribution is 8.23. The van der Waals surface area contributed by atoms with Gasteiger partial charge in [-0.15, -0.1) is 58.8 Å².